The van der Waals surface area contributed by atoms with Crippen molar-refractivity contribution in [3.63, 3.8) is 0 Å². The molecule has 0 radical (unpaired) electrons. The van der Waals surface area contributed by atoms with Crippen molar-refractivity contribution in [1.29, 1.82) is 0 Å². The van der Waals surface area contributed by atoms with Gasteiger partial charge in [-0.15, -0.1) is 17.9 Å². The van der Waals surface area contributed by atoms with Crippen LogP contribution in [0.2, 0.25) is 0 Å². The first kappa shape index (κ1) is 12.9. The van der Waals surface area contributed by atoms with Crippen molar-refractivity contribution in [3.05, 3.63) is 28.7 Å². The van der Waals surface area contributed by atoms with Crippen LogP contribution in [0.15, 0.2) is 18.2 Å². The molecule has 0 bridgehead atoms. The predicted molar refractivity (Wildman–Crippen MR) is 66.5 cm³/mol. The normalized spacial score (nSPS) is 12.1. The number of hydrogen-bond acceptors (Lipinski definition) is 4. The van der Waals surface area contributed by atoms with Gasteiger partial charge < -0.3 is 10.6 Å². The fourth-order valence-corrected chi connectivity index (χ4v) is 2.15. The van der Waals surface area contributed by atoms with Crippen molar-refractivity contribution >= 4 is 17.2 Å². The summed E-state index contributed by atoms with van der Waals surface area (Å²) in [5, 5.41) is 5.87. The SMILES string of the molecule is C=CCNC(=O)CNC(C)c1scnc1C. The molecule has 0 fully saturated rings. The molecule has 0 saturated carbocycles. The van der Waals surface area contributed by atoms with Gasteiger partial charge in [0.1, 0.15) is 0 Å². The van der Waals surface area contributed by atoms with E-state index < -0.39 is 0 Å². The molecule has 1 heterocycles. The number of hydrogen-bond donors (Lipinski definition) is 2. The summed E-state index contributed by atoms with van der Waals surface area (Å²) in [7, 11) is 0. The van der Waals surface area contributed by atoms with Gasteiger partial charge >= 0.3 is 0 Å². The van der Waals surface area contributed by atoms with Gasteiger partial charge in [-0.3, -0.25) is 4.79 Å². The molecule has 1 unspecified atom stereocenters. The van der Waals surface area contributed by atoms with Crippen LogP contribution in [0, 0.1) is 6.92 Å². The summed E-state index contributed by atoms with van der Waals surface area (Å²) in [6, 6.07) is 0.155. The zero-order valence-electron chi connectivity index (χ0n) is 9.62. The summed E-state index contributed by atoms with van der Waals surface area (Å²) in [6.07, 6.45) is 1.66. The maximum absolute atomic E-state index is 11.3. The molecule has 1 rings (SSSR count). The lowest BCUT2D eigenvalue weighted by Gasteiger charge is -2.12. The van der Waals surface area contributed by atoms with Crippen LogP contribution in [0.25, 0.3) is 0 Å². The average Bonchev–Trinajstić information content (AvgIpc) is 2.69. The van der Waals surface area contributed by atoms with E-state index in [1.807, 2.05) is 19.4 Å². The Labute approximate surface area is 99.8 Å². The Morgan fingerprint density at radius 1 is 1.75 bits per heavy atom. The minimum Gasteiger partial charge on any atom is -0.352 e. The van der Waals surface area contributed by atoms with Crippen molar-refractivity contribution in [2.24, 2.45) is 0 Å². The molecule has 1 aromatic rings. The maximum Gasteiger partial charge on any atom is 0.234 e. The smallest absolute Gasteiger partial charge is 0.234 e. The number of aromatic nitrogens is 1. The van der Waals surface area contributed by atoms with Crippen LogP contribution in [0.5, 0.6) is 0 Å². The Kier molecular flexibility index (Phi) is 5.14. The summed E-state index contributed by atoms with van der Waals surface area (Å²) in [5.74, 6) is -0.0195. The van der Waals surface area contributed by atoms with E-state index in [0.29, 0.717) is 13.1 Å². The molecule has 0 saturated heterocycles. The lowest BCUT2D eigenvalue weighted by molar-refractivity contribution is -0.120. The highest BCUT2D eigenvalue weighted by Gasteiger charge is 2.11. The van der Waals surface area contributed by atoms with Crippen LogP contribution in [-0.4, -0.2) is 24.0 Å². The second-order valence-electron chi connectivity index (χ2n) is 3.50. The van der Waals surface area contributed by atoms with Crippen LogP contribution in [0.4, 0.5) is 0 Å². The largest absolute Gasteiger partial charge is 0.352 e. The zero-order chi connectivity index (χ0) is 12.0. The third kappa shape index (κ3) is 3.75. The number of rotatable bonds is 6. The van der Waals surface area contributed by atoms with Gasteiger partial charge in [-0.1, -0.05) is 6.08 Å². The van der Waals surface area contributed by atoms with Crippen molar-refractivity contribution in [2.75, 3.05) is 13.1 Å². The average molecular weight is 239 g/mol. The van der Waals surface area contributed by atoms with E-state index in [2.05, 4.69) is 22.2 Å². The predicted octanol–water partition coefficient (Wildman–Crippen LogP) is 1.40. The second-order valence-corrected chi connectivity index (χ2v) is 4.38. The summed E-state index contributed by atoms with van der Waals surface area (Å²) in [4.78, 5) is 16.7. The monoisotopic (exact) mass is 239 g/mol. The van der Waals surface area contributed by atoms with Crippen LogP contribution in [-0.2, 0) is 4.79 Å². The van der Waals surface area contributed by atoms with Gasteiger partial charge in [0.05, 0.1) is 17.7 Å². The van der Waals surface area contributed by atoms with Crippen LogP contribution >= 0.6 is 11.3 Å². The fourth-order valence-electron chi connectivity index (χ4n) is 1.31. The summed E-state index contributed by atoms with van der Waals surface area (Å²) in [5.41, 5.74) is 2.84. The van der Waals surface area contributed by atoms with E-state index >= 15 is 0 Å². The zero-order valence-corrected chi connectivity index (χ0v) is 10.4. The van der Waals surface area contributed by atoms with Gasteiger partial charge in [0.2, 0.25) is 5.91 Å². The molecule has 4 nitrogen and oxygen atoms in total. The summed E-state index contributed by atoms with van der Waals surface area (Å²) >= 11 is 1.61. The lowest BCUT2D eigenvalue weighted by atomic mass is 10.2. The quantitative estimate of drug-likeness (QED) is 0.738. The van der Waals surface area contributed by atoms with E-state index in [4.69, 9.17) is 0 Å². The number of nitrogens with one attached hydrogen (secondary N) is 2. The van der Waals surface area contributed by atoms with Gasteiger partial charge in [-0.05, 0) is 13.8 Å². The Morgan fingerprint density at radius 2 is 2.50 bits per heavy atom. The van der Waals surface area contributed by atoms with Crippen molar-refractivity contribution in [3.8, 4) is 0 Å². The molecule has 1 aromatic heterocycles. The number of thiazole rings is 1. The van der Waals surface area contributed by atoms with E-state index in [0.717, 1.165) is 5.69 Å². The molecule has 1 atom stereocenters. The summed E-state index contributed by atoms with van der Waals surface area (Å²) < 4.78 is 0. The first-order valence-corrected chi connectivity index (χ1v) is 6.04. The molecule has 2 N–H and O–H groups in total. The first-order chi connectivity index (χ1) is 7.65. The van der Waals surface area contributed by atoms with Gasteiger partial charge in [0, 0.05) is 17.5 Å². The van der Waals surface area contributed by atoms with Gasteiger partial charge in [-0.2, -0.15) is 0 Å². The van der Waals surface area contributed by atoms with Crippen LogP contribution in [0.1, 0.15) is 23.5 Å². The molecule has 0 spiro atoms. The number of amides is 1. The van der Waals surface area contributed by atoms with Gasteiger partial charge in [0.25, 0.3) is 0 Å². The first-order valence-electron chi connectivity index (χ1n) is 5.16. The van der Waals surface area contributed by atoms with E-state index in [-0.39, 0.29) is 11.9 Å². The van der Waals surface area contributed by atoms with E-state index in [9.17, 15) is 4.79 Å². The number of nitrogens with zero attached hydrogens (tertiary/aromatic N) is 1. The van der Waals surface area contributed by atoms with Gasteiger partial charge in [-0.25, -0.2) is 4.98 Å². The Bertz CT molecular complexity index is 362. The molecule has 88 valence electrons. The van der Waals surface area contributed by atoms with Gasteiger partial charge in [0.15, 0.2) is 0 Å². The maximum atomic E-state index is 11.3. The molecule has 0 aliphatic carbocycles. The third-order valence-electron chi connectivity index (χ3n) is 2.19. The minimum atomic E-state index is -0.0195. The number of aryl methyl sites for hydroxylation is 1. The van der Waals surface area contributed by atoms with Crippen LogP contribution in [0.3, 0.4) is 0 Å². The second kappa shape index (κ2) is 6.40. The molecule has 5 heteroatoms. The Balaban J connectivity index is 2.35. The van der Waals surface area contributed by atoms with E-state index in [1.54, 1.807) is 17.4 Å². The molecule has 1 amide bonds. The summed E-state index contributed by atoms with van der Waals surface area (Å²) in [6.45, 7) is 8.36. The highest BCUT2D eigenvalue weighted by molar-refractivity contribution is 7.09. The van der Waals surface area contributed by atoms with Crippen LogP contribution < -0.4 is 10.6 Å². The highest BCUT2D eigenvalue weighted by Crippen LogP contribution is 2.20. The molecule has 0 aliphatic heterocycles. The molecular formula is C11H17N3OS. The Hall–Kier alpha value is -1.20. The standard InChI is InChI=1S/C11H17N3OS/c1-4-5-12-10(15)6-13-8(2)11-9(3)14-7-16-11/h4,7-8,13H,1,5-6H2,2-3H3,(H,12,15). The number of carbonyl (C=O) groups is 1. The van der Waals surface area contributed by atoms with Crippen molar-refractivity contribution < 1.29 is 4.79 Å². The van der Waals surface area contributed by atoms with E-state index in [1.165, 1.54) is 4.88 Å². The third-order valence-corrected chi connectivity index (χ3v) is 3.30. The number of carbonyl (C=O) groups excluding carboxylic acids is 1. The molecule has 0 aliphatic rings. The topological polar surface area (TPSA) is 54.0 Å². The lowest BCUT2D eigenvalue weighted by Crippen LogP contribution is -2.35. The fraction of sp³-hybridized carbons (Fsp3) is 0.455. The molecule has 0 aromatic carbocycles. The van der Waals surface area contributed by atoms with Crippen molar-refractivity contribution in [2.45, 2.75) is 19.9 Å². The molecular weight excluding hydrogens is 222 g/mol. The Morgan fingerprint density at radius 3 is 3.06 bits per heavy atom. The van der Waals surface area contributed by atoms with Crippen molar-refractivity contribution in [1.82, 2.24) is 15.6 Å². The molecule has 16 heavy (non-hydrogen) atoms. The minimum absolute atomic E-state index is 0.0195. The highest BCUT2D eigenvalue weighted by atomic mass is 32.1.